The third kappa shape index (κ3) is 3.47. The van der Waals surface area contributed by atoms with Crippen LogP contribution in [0.25, 0.3) is 0 Å². The van der Waals surface area contributed by atoms with Gasteiger partial charge in [-0.1, -0.05) is 23.2 Å². The van der Waals surface area contributed by atoms with Gasteiger partial charge >= 0.3 is 0 Å². The first-order valence-corrected chi connectivity index (χ1v) is 6.82. The Morgan fingerprint density at radius 2 is 1.71 bits per heavy atom. The number of carbonyl (C=O) groups excluding carboxylic acids is 1. The Bertz CT molecular complexity index is 666. The fraction of sp³-hybridized carbons (Fsp3) is 0.133. The van der Waals surface area contributed by atoms with E-state index in [1.54, 1.807) is 0 Å². The third-order valence-corrected chi connectivity index (χ3v) is 3.58. The summed E-state index contributed by atoms with van der Waals surface area (Å²) in [7, 11) is 0. The zero-order chi connectivity index (χ0) is 15.6. The molecule has 0 spiro atoms. The number of benzene rings is 2. The Kier molecular flexibility index (Phi) is 4.73. The molecule has 0 aromatic heterocycles. The topological polar surface area (TPSA) is 66.8 Å². The minimum atomic E-state index is -1.04. The van der Waals surface area contributed by atoms with Crippen LogP contribution in [-0.4, -0.2) is 22.3 Å². The van der Waals surface area contributed by atoms with Crippen LogP contribution in [0.2, 0.25) is 10.0 Å². The van der Waals surface area contributed by atoms with E-state index < -0.39 is 6.29 Å². The van der Waals surface area contributed by atoms with E-state index >= 15 is 0 Å². The minimum absolute atomic E-state index is 0.0490. The number of aromatic hydroxyl groups is 1. The van der Waals surface area contributed by atoms with Gasteiger partial charge in [0.2, 0.25) is 0 Å². The first kappa shape index (κ1) is 15.6. The lowest BCUT2D eigenvalue weighted by molar-refractivity contribution is -0.000216. The van der Waals surface area contributed by atoms with Crippen molar-refractivity contribution in [3.8, 4) is 11.5 Å². The lowest BCUT2D eigenvalue weighted by Gasteiger charge is -2.13. The summed E-state index contributed by atoms with van der Waals surface area (Å²) in [5.41, 5.74) is 0.584. The number of phenolic OH excluding ortho intramolecular Hbond substituents is 1. The molecule has 0 aliphatic carbocycles. The highest BCUT2D eigenvalue weighted by molar-refractivity contribution is 6.45. The number of carbonyl (C=O) groups is 1. The highest BCUT2D eigenvalue weighted by Crippen LogP contribution is 2.36. The Hall–Kier alpha value is -1.75. The van der Waals surface area contributed by atoms with Crippen molar-refractivity contribution in [2.45, 2.75) is 13.2 Å². The normalized spacial score (nSPS) is 12.0. The lowest BCUT2D eigenvalue weighted by atomic mass is 10.0. The van der Waals surface area contributed by atoms with Crippen molar-refractivity contribution in [3.05, 3.63) is 57.6 Å². The monoisotopic (exact) mass is 326 g/mol. The molecule has 0 bridgehead atoms. The van der Waals surface area contributed by atoms with Crippen LogP contribution in [0.5, 0.6) is 11.5 Å². The summed E-state index contributed by atoms with van der Waals surface area (Å²) in [6, 6.07) is 8.74. The Morgan fingerprint density at radius 3 is 2.29 bits per heavy atom. The second-order valence-corrected chi connectivity index (χ2v) is 5.09. The SMILES string of the molecule is CC(O)Oc1ccc(C(=O)c2ccc(O)cc2)c(Cl)c1Cl. The molecule has 0 saturated carbocycles. The van der Waals surface area contributed by atoms with Crippen LogP contribution in [-0.2, 0) is 0 Å². The van der Waals surface area contributed by atoms with Crippen molar-refractivity contribution in [2.24, 2.45) is 0 Å². The van der Waals surface area contributed by atoms with Crippen molar-refractivity contribution in [1.82, 2.24) is 0 Å². The fourth-order valence-electron chi connectivity index (χ4n) is 1.75. The molecule has 1 unspecified atom stereocenters. The summed E-state index contributed by atoms with van der Waals surface area (Å²) < 4.78 is 5.08. The van der Waals surface area contributed by atoms with Gasteiger partial charge in [0.25, 0.3) is 0 Å². The smallest absolute Gasteiger partial charge is 0.194 e. The molecule has 0 heterocycles. The van der Waals surface area contributed by atoms with Gasteiger partial charge < -0.3 is 14.9 Å². The zero-order valence-electron chi connectivity index (χ0n) is 11.0. The van der Waals surface area contributed by atoms with Gasteiger partial charge in [-0.25, -0.2) is 0 Å². The van der Waals surface area contributed by atoms with Crippen LogP contribution < -0.4 is 4.74 Å². The van der Waals surface area contributed by atoms with Crippen LogP contribution in [0.4, 0.5) is 0 Å². The van der Waals surface area contributed by atoms with Gasteiger partial charge in [-0.05, 0) is 43.3 Å². The van der Waals surface area contributed by atoms with Gasteiger partial charge in [-0.15, -0.1) is 0 Å². The maximum atomic E-state index is 12.3. The maximum Gasteiger partial charge on any atom is 0.194 e. The van der Waals surface area contributed by atoms with Crippen molar-refractivity contribution in [3.63, 3.8) is 0 Å². The molecule has 110 valence electrons. The molecule has 4 nitrogen and oxygen atoms in total. The molecule has 2 rings (SSSR count). The van der Waals surface area contributed by atoms with Crippen LogP contribution >= 0.6 is 23.2 Å². The minimum Gasteiger partial charge on any atom is -0.508 e. The van der Waals surface area contributed by atoms with E-state index in [1.807, 2.05) is 0 Å². The van der Waals surface area contributed by atoms with Crippen LogP contribution in [0.1, 0.15) is 22.8 Å². The molecule has 2 aromatic rings. The largest absolute Gasteiger partial charge is 0.508 e. The van der Waals surface area contributed by atoms with Crippen molar-refractivity contribution >= 4 is 29.0 Å². The Balaban J connectivity index is 2.38. The molecule has 0 aliphatic rings. The van der Waals surface area contributed by atoms with Crippen LogP contribution in [0.3, 0.4) is 0 Å². The Labute approximate surface area is 131 Å². The molecule has 0 aliphatic heterocycles. The van der Waals surface area contributed by atoms with Gasteiger partial charge in [0.05, 0.1) is 5.02 Å². The second-order valence-electron chi connectivity index (χ2n) is 4.33. The van der Waals surface area contributed by atoms with E-state index in [4.69, 9.17) is 27.9 Å². The summed E-state index contributed by atoms with van der Waals surface area (Å²) in [5.74, 6) is -0.0687. The fourth-order valence-corrected chi connectivity index (χ4v) is 2.20. The van der Waals surface area contributed by atoms with Crippen LogP contribution in [0, 0.1) is 0 Å². The van der Waals surface area contributed by atoms with E-state index in [9.17, 15) is 15.0 Å². The highest BCUT2D eigenvalue weighted by atomic mass is 35.5. The molecule has 0 saturated heterocycles. The lowest BCUT2D eigenvalue weighted by Crippen LogP contribution is -2.10. The summed E-state index contributed by atoms with van der Waals surface area (Å²) in [6.45, 7) is 1.43. The van der Waals surface area contributed by atoms with E-state index in [0.29, 0.717) is 5.56 Å². The van der Waals surface area contributed by atoms with Crippen molar-refractivity contribution in [1.29, 1.82) is 0 Å². The van der Waals surface area contributed by atoms with E-state index in [0.717, 1.165) is 0 Å². The standard InChI is InChI=1S/C15H12Cl2O4/c1-8(18)21-12-7-6-11(13(16)14(12)17)15(20)9-2-4-10(19)5-3-9/h2-8,18-19H,1H3. The van der Waals surface area contributed by atoms with E-state index in [-0.39, 0.29) is 32.9 Å². The summed E-state index contributed by atoms with van der Waals surface area (Å²) >= 11 is 12.1. The summed E-state index contributed by atoms with van der Waals surface area (Å²) in [4.78, 5) is 12.3. The Morgan fingerprint density at radius 1 is 1.10 bits per heavy atom. The van der Waals surface area contributed by atoms with E-state index in [1.165, 1.54) is 43.3 Å². The number of ketones is 1. The predicted molar refractivity (Wildman–Crippen MR) is 80.3 cm³/mol. The molecule has 2 N–H and O–H groups in total. The number of hydrogen-bond acceptors (Lipinski definition) is 4. The van der Waals surface area contributed by atoms with Gasteiger partial charge in [0.1, 0.15) is 16.5 Å². The number of halogens is 2. The van der Waals surface area contributed by atoms with Gasteiger partial charge in [-0.3, -0.25) is 4.79 Å². The number of ether oxygens (including phenoxy) is 1. The number of aliphatic hydroxyl groups excluding tert-OH is 1. The average Bonchev–Trinajstić information content (AvgIpc) is 2.44. The first-order valence-electron chi connectivity index (χ1n) is 6.06. The quantitative estimate of drug-likeness (QED) is 0.664. The summed E-state index contributed by atoms with van der Waals surface area (Å²) in [6.07, 6.45) is -1.04. The third-order valence-electron chi connectivity index (χ3n) is 2.72. The number of phenols is 1. The molecule has 1 atom stereocenters. The van der Waals surface area contributed by atoms with Gasteiger partial charge in [0, 0.05) is 11.1 Å². The molecule has 0 radical (unpaired) electrons. The molecular weight excluding hydrogens is 315 g/mol. The molecule has 6 heteroatoms. The zero-order valence-corrected chi connectivity index (χ0v) is 12.5. The van der Waals surface area contributed by atoms with Crippen molar-refractivity contribution < 1.29 is 19.7 Å². The average molecular weight is 327 g/mol. The maximum absolute atomic E-state index is 12.3. The number of rotatable bonds is 4. The molecule has 0 fully saturated rings. The van der Waals surface area contributed by atoms with Crippen LogP contribution in [0.15, 0.2) is 36.4 Å². The number of aliphatic hydroxyl groups is 1. The molecule has 2 aromatic carbocycles. The second kappa shape index (κ2) is 6.35. The van der Waals surface area contributed by atoms with Gasteiger partial charge in [-0.2, -0.15) is 0 Å². The highest BCUT2D eigenvalue weighted by Gasteiger charge is 2.18. The number of hydrogen-bond donors (Lipinski definition) is 2. The molecule has 0 amide bonds. The van der Waals surface area contributed by atoms with Gasteiger partial charge in [0.15, 0.2) is 12.1 Å². The molecular formula is C15H12Cl2O4. The predicted octanol–water partition coefficient (Wildman–Crippen LogP) is 3.65. The first-order chi connectivity index (χ1) is 9.90. The van der Waals surface area contributed by atoms with Crippen molar-refractivity contribution in [2.75, 3.05) is 0 Å². The van der Waals surface area contributed by atoms with E-state index in [2.05, 4.69) is 0 Å². The molecule has 21 heavy (non-hydrogen) atoms. The summed E-state index contributed by atoms with van der Waals surface area (Å²) in [5, 5.41) is 18.5.